The van der Waals surface area contributed by atoms with Gasteiger partial charge in [0, 0.05) is 11.1 Å². The Balaban J connectivity index is 2.06. The molecule has 5 nitrogen and oxygen atoms in total. The molecule has 1 N–H and O–H groups in total. The summed E-state index contributed by atoms with van der Waals surface area (Å²) in [5.41, 5.74) is 1.41. The van der Waals surface area contributed by atoms with Crippen LogP contribution in [0.25, 0.3) is 23.0 Å². The summed E-state index contributed by atoms with van der Waals surface area (Å²) in [5, 5.41) is 13.5. The van der Waals surface area contributed by atoms with E-state index in [-0.39, 0.29) is 5.75 Å². The Bertz CT molecular complexity index is 671. The van der Waals surface area contributed by atoms with Gasteiger partial charge in [0.1, 0.15) is 5.75 Å². The first-order valence-corrected chi connectivity index (χ1v) is 5.42. The van der Waals surface area contributed by atoms with Crippen molar-refractivity contribution in [2.24, 2.45) is 0 Å². The van der Waals surface area contributed by atoms with Gasteiger partial charge in [-0.05, 0) is 31.2 Å². The number of aromatic hydroxyl groups is 1. The molecule has 0 saturated heterocycles. The van der Waals surface area contributed by atoms with Gasteiger partial charge in [-0.2, -0.15) is 4.98 Å². The SMILES string of the molecule is Cc1c(O)cccc1-c1nc(-c2ccco2)no1. The normalized spacial score (nSPS) is 10.7. The highest BCUT2D eigenvalue weighted by molar-refractivity contribution is 5.63. The summed E-state index contributed by atoms with van der Waals surface area (Å²) >= 11 is 0. The maximum atomic E-state index is 9.64. The molecule has 0 fully saturated rings. The number of hydrogen-bond donors (Lipinski definition) is 1. The molecule has 0 aliphatic carbocycles. The summed E-state index contributed by atoms with van der Waals surface area (Å²) in [4.78, 5) is 4.24. The second kappa shape index (κ2) is 4.03. The molecule has 0 unspecified atom stereocenters. The molecule has 0 atom stereocenters. The lowest BCUT2D eigenvalue weighted by molar-refractivity contribution is 0.428. The summed E-state index contributed by atoms with van der Waals surface area (Å²) in [6, 6.07) is 8.67. The number of phenols is 1. The second-order valence-electron chi connectivity index (χ2n) is 3.85. The molecular formula is C13H10N2O3. The lowest BCUT2D eigenvalue weighted by atomic mass is 10.1. The van der Waals surface area contributed by atoms with Crippen LogP contribution in [-0.2, 0) is 0 Å². The maximum absolute atomic E-state index is 9.64. The van der Waals surface area contributed by atoms with Crippen LogP contribution in [0.2, 0.25) is 0 Å². The third-order valence-corrected chi connectivity index (χ3v) is 2.70. The van der Waals surface area contributed by atoms with E-state index in [0.29, 0.717) is 28.6 Å². The van der Waals surface area contributed by atoms with E-state index in [0.717, 1.165) is 0 Å². The van der Waals surface area contributed by atoms with Gasteiger partial charge in [0.05, 0.1) is 6.26 Å². The summed E-state index contributed by atoms with van der Waals surface area (Å²) in [7, 11) is 0. The quantitative estimate of drug-likeness (QED) is 0.747. The van der Waals surface area contributed by atoms with Crippen LogP contribution in [0.4, 0.5) is 0 Å². The van der Waals surface area contributed by atoms with E-state index in [4.69, 9.17) is 8.94 Å². The fourth-order valence-corrected chi connectivity index (χ4v) is 1.69. The van der Waals surface area contributed by atoms with Gasteiger partial charge < -0.3 is 14.0 Å². The molecule has 2 aromatic heterocycles. The molecule has 3 rings (SSSR count). The van der Waals surface area contributed by atoms with Gasteiger partial charge in [-0.3, -0.25) is 0 Å². The number of hydrogen-bond acceptors (Lipinski definition) is 5. The maximum Gasteiger partial charge on any atom is 0.258 e. The molecule has 0 bridgehead atoms. The average molecular weight is 242 g/mol. The minimum atomic E-state index is 0.199. The molecule has 0 radical (unpaired) electrons. The zero-order valence-corrected chi connectivity index (χ0v) is 9.62. The fraction of sp³-hybridized carbons (Fsp3) is 0.0769. The Kier molecular flexibility index (Phi) is 2.37. The zero-order chi connectivity index (χ0) is 12.5. The van der Waals surface area contributed by atoms with Gasteiger partial charge in [-0.15, -0.1) is 0 Å². The lowest BCUT2D eigenvalue weighted by Gasteiger charge is -2.01. The van der Waals surface area contributed by atoms with E-state index >= 15 is 0 Å². The topological polar surface area (TPSA) is 72.3 Å². The van der Waals surface area contributed by atoms with Crippen LogP contribution in [0.5, 0.6) is 5.75 Å². The minimum Gasteiger partial charge on any atom is -0.508 e. The number of benzene rings is 1. The summed E-state index contributed by atoms with van der Waals surface area (Å²) < 4.78 is 10.4. The molecular weight excluding hydrogens is 232 g/mol. The van der Waals surface area contributed by atoms with Crippen LogP contribution in [0.3, 0.4) is 0 Å². The summed E-state index contributed by atoms with van der Waals surface area (Å²) in [6.45, 7) is 1.79. The Hall–Kier alpha value is -2.56. The number of aromatic nitrogens is 2. The predicted octanol–water partition coefficient (Wildman–Crippen LogP) is 3.01. The van der Waals surface area contributed by atoms with E-state index in [9.17, 15) is 5.11 Å². The van der Waals surface area contributed by atoms with Gasteiger partial charge in [-0.25, -0.2) is 0 Å². The van der Waals surface area contributed by atoms with Crippen LogP contribution in [0, 0.1) is 6.92 Å². The first-order chi connectivity index (χ1) is 8.75. The van der Waals surface area contributed by atoms with Crippen molar-refractivity contribution in [1.82, 2.24) is 10.1 Å². The van der Waals surface area contributed by atoms with E-state index in [1.165, 1.54) is 0 Å². The molecule has 0 aliphatic rings. The number of furan rings is 1. The van der Waals surface area contributed by atoms with Gasteiger partial charge >= 0.3 is 0 Å². The smallest absolute Gasteiger partial charge is 0.258 e. The lowest BCUT2D eigenvalue weighted by Crippen LogP contribution is -1.84. The third kappa shape index (κ3) is 1.66. The van der Waals surface area contributed by atoms with Crippen molar-refractivity contribution in [1.29, 1.82) is 0 Å². The minimum absolute atomic E-state index is 0.199. The Labute approximate surface area is 103 Å². The molecule has 0 aliphatic heterocycles. The van der Waals surface area contributed by atoms with E-state index in [1.54, 1.807) is 37.5 Å². The number of rotatable bonds is 2. The van der Waals surface area contributed by atoms with Crippen LogP contribution < -0.4 is 0 Å². The highest BCUT2D eigenvalue weighted by atomic mass is 16.5. The van der Waals surface area contributed by atoms with E-state index in [1.807, 2.05) is 6.07 Å². The number of phenolic OH excluding ortho intramolecular Hbond substituents is 1. The fourth-order valence-electron chi connectivity index (χ4n) is 1.69. The van der Waals surface area contributed by atoms with Crippen LogP contribution in [0.15, 0.2) is 45.5 Å². The summed E-state index contributed by atoms with van der Waals surface area (Å²) in [6.07, 6.45) is 1.55. The van der Waals surface area contributed by atoms with Crippen molar-refractivity contribution >= 4 is 0 Å². The van der Waals surface area contributed by atoms with E-state index in [2.05, 4.69) is 10.1 Å². The summed E-state index contributed by atoms with van der Waals surface area (Å²) in [5.74, 6) is 1.49. The molecule has 90 valence electrons. The first-order valence-electron chi connectivity index (χ1n) is 5.42. The van der Waals surface area contributed by atoms with Crippen molar-refractivity contribution in [3.8, 4) is 28.8 Å². The average Bonchev–Trinajstić information content (AvgIpc) is 3.01. The highest BCUT2D eigenvalue weighted by Crippen LogP contribution is 2.29. The van der Waals surface area contributed by atoms with Crippen LogP contribution in [-0.4, -0.2) is 15.2 Å². The molecule has 1 aromatic carbocycles. The Morgan fingerprint density at radius 1 is 1.17 bits per heavy atom. The van der Waals surface area contributed by atoms with Crippen molar-refractivity contribution in [2.75, 3.05) is 0 Å². The Morgan fingerprint density at radius 2 is 2.06 bits per heavy atom. The molecule has 0 saturated carbocycles. The van der Waals surface area contributed by atoms with Gasteiger partial charge in [-0.1, -0.05) is 11.2 Å². The van der Waals surface area contributed by atoms with Crippen molar-refractivity contribution in [2.45, 2.75) is 6.92 Å². The molecule has 2 heterocycles. The van der Waals surface area contributed by atoms with E-state index < -0.39 is 0 Å². The standard InChI is InChI=1S/C13H10N2O3/c1-8-9(4-2-5-10(8)16)13-14-12(15-18-13)11-6-3-7-17-11/h2-7,16H,1H3. The third-order valence-electron chi connectivity index (χ3n) is 2.70. The van der Waals surface area contributed by atoms with Gasteiger partial charge in [0.25, 0.3) is 5.89 Å². The molecule has 3 aromatic rings. The first kappa shape index (κ1) is 10.6. The highest BCUT2D eigenvalue weighted by Gasteiger charge is 2.15. The van der Waals surface area contributed by atoms with Crippen molar-refractivity contribution < 1.29 is 14.0 Å². The molecule has 0 amide bonds. The predicted molar refractivity (Wildman–Crippen MR) is 63.8 cm³/mol. The molecule has 18 heavy (non-hydrogen) atoms. The van der Waals surface area contributed by atoms with Crippen molar-refractivity contribution in [3.63, 3.8) is 0 Å². The van der Waals surface area contributed by atoms with Gasteiger partial charge in [0.15, 0.2) is 5.76 Å². The zero-order valence-electron chi connectivity index (χ0n) is 9.62. The number of nitrogens with zero attached hydrogens (tertiary/aromatic N) is 2. The monoisotopic (exact) mass is 242 g/mol. The largest absolute Gasteiger partial charge is 0.508 e. The second-order valence-corrected chi connectivity index (χ2v) is 3.85. The van der Waals surface area contributed by atoms with Crippen LogP contribution in [0.1, 0.15) is 5.56 Å². The van der Waals surface area contributed by atoms with Crippen LogP contribution >= 0.6 is 0 Å². The van der Waals surface area contributed by atoms with Crippen molar-refractivity contribution in [3.05, 3.63) is 42.2 Å². The Morgan fingerprint density at radius 3 is 2.83 bits per heavy atom. The van der Waals surface area contributed by atoms with Gasteiger partial charge in [0.2, 0.25) is 5.82 Å². The molecule has 5 heteroatoms. The molecule has 0 spiro atoms.